The summed E-state index contributed by atoms with van der Waals surface area (Å²) in [6, 6.07) is 16.0. The van der Waals surface area contributed by atoms with E-state index in [0.717, 1.165) is 24.2 Å². The second-order valence-corrected chi connectivity index (χ2v) is 8.05. The maximum Gasteiger partial charge on any atom is 0.251 e. The zero-order valence-electron chi connectivity index (χ0n) is 17.2. The van der Waals surface area contributed by atoms with E-state index in [4.69, 9.17) is 4.74 Å². The third-order valence-corrected chi connectivity index (χ3v) is 5.00. The van der Waals surface area contributed by atoms with Gasteiger partial charge in [0.1, 0.15) is 11.8 Å². The number of carbonyl (C=O) groups is 2. The van der Waals surface area contributed by atoms with E-state index in [1.165, 1.54) is 12.8 Å². The van der Waals surface area contributed by atoms with Gasteiger partial charge in [-0.2, -0.15) is 0 Å². The van der Waals surface area contributed by atoms with Crippen molar-refractivity contribution in [2.45, 2.75) is 58.1 Å². The Bertz CT molecular complexity index is 814. The lowest BCUT2D eigenvalue weighted by atomic mass is 10.0. The van der Waals surface area contributed by atoms with Crippen LogP contribution in [-0.2, 0) is 9.59 Å². The molecular formula is C24H30N2O3. The van der Waals surface area contributed by atoms with Crippen molar-refractivity contribution < 1.29 is 14.3 Å². The van der Waals surface area contributed by atoms with Crippen molar-refractivity contribution >= 4 is 17.5 Å². The van der Waals surface area contributed by atoms with E-state index in [2.05, 4.69) is 10.6 Å². The van der Waals surface area contributed by atoms with Crippen molar-refractivity contribution in [3.63, 3.8) is 0 Å². The van der Waals surface area contributed by atoms with E-state index >= 15 is 0 Å². The van der Waals surface area contributed by atoms with Crippen molar-refractivity contribution in [2.24, 2.45) is 5.92 Å². The van der Waals surface area contributed by atoms with Gasteiger partial charge < -0.3 is 15.4 Å². The first kappa shape index (κ1) is 20.9. The topological polar surface area (TPSA) is 67.4 Å². The Labute approximate surface area is 172 Å². The van der Waals surface area contributed by atoms with Crippen LogP contribution >= 0.6 is 0 Å². The summed E-state index contributed by atoms with van der Waals surface area (Å²) in [4.78, 5) is 25.4. The number of anilines is 1. The Morgan fingerprint density at radius 3 is 2.45 bits per heavy atom. The molecule has 5 nitrogen and oxygen atoms in total. The molecule has 0 radical (unpaired) electrons. The number of hydrogen-bond acceptors (Lipinski definition) is 3. The maximum absolute atomic E-state index is 13.0. The Morgan fingerprint density at radius 1 is 1.03 bits per heavy atom. The van der Waals surface area contributed by atoms with Crippen LogP contribution in [0.3, 0.4) is 0 Å². The fraction of sp³-hybridized carbons (Fsp3) is 0.417. The summed E-state index contributed by atoms with van der Waals surface area (Å²) in [5.74, 6) is 0.572. The molecule has 154 valence electrons. The third-order valence-electron chi connectivity index (χ3n) is 5.00. The minimum Gasteiger partial charge on any atom is -0.490 e. The Morgan fingerprint density at radius 2 is 1.76 bits per heavy atom. The lowest BCUT2D eigenvalue weighted by Gasteiger charge is -2.20. The van der Waals surface area contributed by atoms with Crippen molar-refractivity contribution in [1.29, 1.82) is 0 Å². The smallest absolute Gasteiger partial charge is 0.251 e. The fourth-order valence-electron chi connectivity index (χ4n) is 3.60. The molecular weight excluding hydrogens is 364 g/mol. The molecule has 1 aliphatic carbocycles. The molecule has 1 aliphatic rings. The number of benzene rings is 2. The summed E-state index contributed by atoms with van der Waals surface area (Å²) in [7, 11) is 0. The molecule has 2 amide bonds. The number of carbonyl (C=O) groups excluding carboxylic acids is 2. The SMILES string of the molecule is CC(C)CC(=O)NC(C(=O)Nc1cccc(OC2CCCC2)c1)c1ccccc1. The first-order valence-corrected chi connectivity index (χ1v) is 10.4. The first-order valence-electron chi connectivity index (χ1n) is 10.4. The summed E-state index contributed by atoms with van der Waals surface area (Å²) in [6.45, 7) is 3.96. The fourth-order valence-corrected chi connectivity index (χ4v) is 3.60. The number of nitrogens with one attached hydrogen (secondary N) is 2. The Balaban J connectivity index is 1.71. The van der Waals surface area contributed by atoms with E-state index in [9.17, 15) is 9.59 Å². The predicted molar refractivity (Wildman–Crippen MR) is 115 cm³/mol. The molecule has 3 rings (SSSR count). The molecule has 0 bridgehead atoms. The van der Waals surface area contributed by atoms with Crippen molar-refractivity contribution in [3.8, 4) is 5.75 Å². The molecule has 2 aromatic rings. The zero-order valence-corrected chi connectivity index (χ0v) is 17.2. The highest BCUT2D eigenvalue weighted by molar-refractivity contribution is 5.98. The van der Waals surface area contributed by atoms with Gasteiger partial charge in [0.2, 0.25) is 5.91 Å². The Hall–Kier alpha value is -2.82. The third kappa shape index (κ3) is 6.34. The van der Waals surface area contributed by atoms with Crippen LogP contribution in [0.15, 0.2) is 54.6 Å². The van der Waals surface area contributed by atoms with Gasteiger partial charge in [-0.25, -0.2) is 0 Å². The number of ether oxygens (including phenoxy) is 1. The molecule has 0 saturated heterocycles. The quantitative estimate of drug-likeness (QED) is 0.672. The first-order chi connectivity index (χ1) is 14.0. The molecule has 29 heavy (non-hydrogen) atoms. The highest BCUT2D eigenvalue weighted by atomic mass is 16.5. The molecule has 2 aromatic carbocycles. The van der Waals surface area contributed by atoms with Crippen molar-refractivity contribution in [1.82, 2.24) is 5.32 Å². The van der Waals surface area contributed by atoms with Gasteiger partial charge >= 0.3 is 0 Å². The second-order valence-electron chi connectivity index (χ2n) is 8.05. The minimum atomic E-state index is -0.748. The minimum absolute atomic E-state index is 0.137. The predicted octanol–water partition coefficient (Wildman–Crippen LogP) is 4.85. The van der Waals surface area contributed by atoms with E-state index in [0.29, 0.717) is 12.1 Å². The summed E-state index contributed by atoms with van der Waals surface area (Å²) >= 11 is 0. The number of amides is 2. The Kier molecular flexibility index (Phi) is 7.28. The van der Waals surface area contributed by atoms with Crippen LogP contribution in [0.5, 0.6) is 5.75 Å². The summed E-state index contributed by atoms with van der Waals surface area (Å²) in [5, 5.41) is 5.81. The van der Waals surface area contributed by atoms with Crippen LogP contribution < -0.4 is 15.4 Å². The van der Waals surface area contributed by atoms with Crippen LogP contribution in [0.1, 0.15) is 57.6 Å². The molecule has 2 N–H and O–H groups in total. The van der Waals surface area contributed by atoms with Crippen molar-refractivity contribution in [2.75, 3.05) is 5.32 Å². The van der Waals surface area contributed by atoms with Crippen LogP contribution in [0.2, 0.25) is 0 Å². The molecule has 0 heterocycles. The summed E-state index contributed by atoms with van der Waals surface area (Å²) in [6.07, 6.45) is 5.20. The number of hydrogen-bond donors (Lipinski definition) is 2. The molecule has 0 spiro atoms. The average molecular weight is 395 g/mol. The molecule has 5 heteroatoms. The van der Waals surface area contributed by atoms with Crippen LogP contribution in [0.25, 0.3) is 0 Å². The largest absolute Gasteiger partial charge is 0.490 e. The maximum atomic E-state index is 13.0. The molecule has 1 atom stereocenters. The standard InChI is InChI=1S/C24H30N2O3/c1-17(2)15-22(27)26-23(18-9-4-3-5-10-18)24(28)25-19-11-8-14-21(16-19)29-20-12-6-7-13-20/h3-5,8-11,14,16-17,20,23H,6-7,12-13,15H2,1-2H3,(H,25,28)(H,26,27). The van der Waals surface area contributed by atoms with Gasteiger partial charge in [-0.15, -0.1) is 0 Å². The van der Waals surface area contributed by atoms with Crippen LogP contribution in [0, 0.1) is 5.92 Å². The molecule has 1 unspecified atom stereocenters. The summed E-state index contributed by atoms with van der Waals surface area (Å²) in [5.41, 5.74) is 1.41. The molecule has 0 aromatic heterocycles. The zero-order chi connectivity index (χ0) is 20.6. The number of rotatable bonds is 8. The van der Waals surface area contributed by atoms with Gasteiger partial charge in [-0.05, 0) is 49.3 Å². The normalized spacial score (nSPS) is 15.1. The lowest BCUT2D eigenvalue weighted by Crippen LogP contribution is -2.37. The van der Waals surface area contributed by atoms with Gasteiger partial charge in [0.05, 0.1) is 6.10 Å². The van der Waals surface area contributed by atoms with Gasteiger partial charge in [0.15, 0.2) is 0 Å². The average Bonchev–Trinajstić information content (AvgIpc) is 3.19. The second kappa shape index (κ2) is 10.1. The molecule has 1 fully saturated rings. The van der Waals surface area contributed by atoms with E-state index in [1.54, 1.807) is 0 Å². The highest BCUT2D eigenvalue weighted by Gasteiger charge is 2.23. The lowest BCUT2D eigenvalue weighted by molar-refractivity contribution is -0.127. The summed E-state index contributed by atoms with van der Waals surface area (Å²) < 4.78 is 6.03. The highest BCUT2D eigenvalue weighted by Crippen LogP contribution is 2.26. The van der Waals surface area contributed by atoms with Crippen molar-refractivity contribution in [3.05, 3.63) is 60.2 Å². The monoisotopic (exact) mass is 394 g/mol. The van der Waals surface area contributed by atoms with E-state index < -0.39 is 6.04 Å². The van der Waals surface area contributed by atoms with Gasteiger partial charge in [0, 0.05) is 18.2 Å². The molecule has 0 aliphatic heterocycles. The van der Waals surface area contributed by atoms with Gasteiger partial charge in [-0.3, -0.25) is 9.59 Å². The van der Waals surface area contributed by atoms with Gasteiger partial charge in [-0.1, -0.05) is 50.2 Å². The van der Waals surface area contributed by atoms with E-state index in [1.807, 2.05) is 68.4 Å². The van der Waals surface area contributed by atoms with Crippen LogP contribution in [0.4, 0.5) is 5.69 Å². The molecule has 1 saturated carbocycles. The van der Waals surface area contributed by atoms with Gasteiger partial charge in [0.25, 0.3) is 5.91 Å². The van der Waals surface area contributed by atoms with Crippen LogP contribution in [-0.4, -0.2) is 17.9 Å². The van der Waals surface area contributed by atoms with E-state index in [-0.39, 0.29) is 23.8 Å².